The maximum absolute atomic E-state index is 8.85. The van der Waals surface area contributed by atoms with E-state index >= 15 is 0 Å². The zero-order chi connectivity index (χ0) is 7.84. The van der Waals surface area contributed by atoms with Crippen molar-refractivity contribution in [3.8, 4) is 6.07 Å². The first-order valence-electron chi connectivity index (χ1n) is 4.71. The average molecular weight is 149 g/mol. The van der Waals surface area contributed by atoms with Crippen molar-refractivity contribution in [2.45, 2.75) is 32.6 Å². The van der Waals surface area contributed by atoms with Gasteiger partial charge in [-0.1, -0.05) is 6.92 Å². The molecule has 0 aromatic heterocycles. The van der Waals surface area contributed by atoms with E-state index in [0.29, 0.717) is 5.92 Å². The van der Waals surface area contributed by atoms with E-state index in [1.165, 1.54) is 25.7 Å². The SMILES string of the molecule is C[C@H]1CC2CC[C@@H](C#N)[C@@H]2C1. The lowest BCUT2D eigenvalue weighted by Crippen LogP contribution is -2.06. The molecule has 0 aromatic rings. The first-order chi connectivity index (χ1) is 5.31. The number of hydrogen-bond donors (Lipinski definition) is 0. The second-order valence-electron chi connectivity index (χ2n) is 4.31. The molecule has 2 saturated carbocycles. The van der Waals surface area contributed by atoms with Crippen LogP contribution in [0.25, 0.3) is 0 Å². The van der Waals surface area contributed by atoms with Gasteiger partial charge in [0.2, 0.25) is 0 Å². The Balaban J connectivity index is 2.08. The quantitative estimate of drug-likeness (QED) is 0.519. The van der Waals surface area contributed by atoms with Gasteiger partial charge in [0.05, 0.1) is 6.07 Å². The van der Waals surface area contributed by atoms with Crippen molar-refractivity contribution < 1.29 is 0 Å². The molecule has 4 atom stereocenters. The van der Waals surface area contributed by atoms with Crippen LogP contribution in [0.15, 0.2) is 0 Å². The second-order valence-corrected chi connectivity index (χ2v) is 4.31. The lowest BCUT2D eigenvalue weighted by molar-refractivity contribution is 0.407. The van der Waals surface area contributed by atoms with E-state index in [4.69, 9.17) is 5.26 Å². The standard InChI is InChI=1S/C10H15N/c1-7-4-8-2-3-9(6-11)10(8)5-7/h7-10H,2-5H2,1H3/t7-,8?,9-,10+/m0/s1. The van der Waals surface area contributed by atoms with Crippen LogP contribution in [0, 0.1) is 35.0 Å². The number of nitrogens with zero attached hydrogens (tertiary/aromatic N) is 1. The van der Waals surface area contributed by atoms with Crippen LogP contribution in [0.5, 0.6) is 0 Å². The van der Waals surface area contributed by atoms with E-state index in [-0.39, 0.29) is 0 Å². The Hall–Kier alpha value is -0.510. The largest absolute Gasteiger partial charge is 0.198 e. The van der Waals surface area contributed by atoms with Crippen molar-refractivity contribution in [2.24, 2.45) is 23.7 Å². The van der Waals surface area contributed by atoms with Crippen molar-refractivity contribution in [3.63, 3.8) is 0 Å². The molecule has 1 unspecified atom stereocenters. The maximum Gasteiger partial charge on any atom is 0.0658 e. The molecule has 0 heterocycles. The van der Waals surface area contributed by atoms with Gasteiger partial charge in [0, 0.05) is 5.92 Å². The second kappa shape index (κ2) is 2.52. The minimum absolute atomic E-state index is 0.407. The predicted molar refractivity (Wildman–Crippen MR) is 43.7 cm³/mol. The number of nitriles is 1. The fourth-order valence-electron chi connectivity index (χ4n) is 3.04. The van der Waals surface area contributed by atoms with Crippen molar-refractivity contribution in [1.82, 2.24) is 0 Å². The molecule has 2 rings (SSSR count). The highest BCUT2D eigenvalue weighted by atomic mass is 14.5. The van der Waals surface area contributed by atoms with Gasteiger partial charge < -0.3 is 0 Å². The van der Waals surface area contributed by atoms with Crippen molar-refractivity contribution in [3.05, 3.63) is 0 Å². The highest BCUT2D eigenvalue weighted by molar-refractivity contribution is 5.00. The minimum Gasteiger partial charge on any atom is -0.198 e. The Morgan fingerprint density at radius 2 is 2.09 bits per heavy atom. The van der Waals surface area contributed by atoms with Crippen LogP contribution >= 0.6 is 0 Å². The summed E-state index contributed by atoms with van der Waals surface area (Å²) >= 11 is 0. The summed E-state index contributed by atoms with van der Waals surface area (Å²) in [5.41, 5.74) is 0. The third-order valence-corrected chi connectivity index (χ3v) is 3.52. The van der Waals surface area contributed by atoms with Crippen LogP contribution < -0.4 is 0 Å². The van der Waals surface area contributed by atoms with Crippen LogP contribution in [0.4, 0.5) is 0 Å². The smallest absolute Gasteiger partial charge is 0.0658 e. The fourth-order valence-corrected chi connectivity index (χ4v) is 3.04. The molecule has 0 saturated heterocycles. The Labute approximate surface area is 68.4 Å². The van der Waals surface area contributed by atoms with Gasteiger partial charge in [-0.3, -0.25) is 0 Å². The van der Waals surface area contributed by atoms with E-state index in [9.17, 15) is 0 Å². The fraction of sp³-hybridized carbons (Fsp3) is 0.900. The minimum atomic E-state index is 0.407. The first-order valence-corrected chi connectivity index (χ1v) is 4.71. The summed E-state index contributed by atoms with van der Waals surface area (Å²) in [6, 6.07) is 2.46. The zero-order valence-electron chi connectivity index (χ0n) is 7.09. The van der Waals surface area contributed by atoms with Crippen LogP contribution in [0.1, 0.15) is 32.6 Å². The number of rotatable bonds is 0. The molecule has 0 aromatic carbocycles. The van der Waals surface area contributed by atoms with Crippen LogP contribution in [-0.2, 0) is 0 Å². The molecule has 1 heteroatoms. The van der Waals surface area contributed by atoms with E-state index < -0.39 is 0 Å². The Morgan fingerprint density at radius 3 is 2.82 bits per heavy atom. The summed E-state index contributed by atoms with van der Waals surface area (Å²) in [6.45, 7) is 2.33. The topological polar surface area (TPSA) is 23.8 Å². The first kappa shape index (κ1) is 7.16. The van der Waals surface area contributed by atoms with Gasteiger partial charge >= 0.3 is 0 Å². The summed E-state index contributed by atoms with van der Waals surface area (Å²) in [5.74, 6) is 2.98. The molecule has 60 valence electrons. The van der Waals surface area contributed by atoms with Gasteiger partial charge in [0.15, 0.2) is 0 Å². The third-order valence-electron chi connectivity index (χ3n) is 3.52. The Bertz CT molecular complexity index is 192. The van der Waals surface area contributed by atoms with E-state index in [1.807, 2.05) is 0 Å². The third kappa shape index (κ3) is 1.05. The molecular weight excluding hydrogens is 134 g/mol. The van der Waals surface area contributed by atoms with E-state index in [2.05, 4.69) is 13.0 Å². The normalized spacial score (nSPS) is 48.7. The van der Waals surface area contributed by atoms with Crippen molar-refractivity contribution in [2.75, 3.05) is 0 Å². The molecule has 0 radical (unpaired) electrons. The summed E-state index contributed by atoms with van der Waals surface area (Å²) in [4.78, 5) is 0. The average Bonchev–Trinajstić information content (AvgIpc) is 2.45. The lowest BCUT2D eigenvalue weighted by atomic mass is 9.93. The van der Waals surface area contributed by atoms with Gasteiger partial charge in [0.1, 0.15) is 0 Å². The van der Waals surface area contributed by atoms with Crippen LogP contribution in [-0.4, -0.2) is 0 Å². The molecule has 2 fully saturated rings. The van der Waals surface area contributed by atoms with Gasteiger partial charge in [-0.25, -0.2) is 0 Å². The van der Waals surface area contributed by atoms with E-state index in [0.717, 1.165) is 17.8 Å². The molecule has 0 spiro atoms. The summed E-state index contributed by atoms with van der Waals surface area (Å²) in [6.07, 6.45) is 5.22. The summed E-state index contributed by atoms with van der Waals surface area (Å²) in [7, 11) is 0. The monoisotopic (exact) mass is 149 g/mol. The maximum atomic E-state index is 8.85. The van der Waals surface area contributed by atoms with Gasteiger partial charge in [-0.2, -0.15) is 5.26 Å². The highest BCUT2D eigenvalue weighted by Crippen LogP contribution is 2.49. The van der Waals surface area contributed by atoms with Gasteiger partial charge in [0.25, 0.3) is 0 Å². The predicted octanol–water partition coefficient (Wildman–Crippen LogP) is 2.58. The molecule has 2 aliphatic carbocycles. The van der Waals surface area contributed by atoms with Crippen LogP contribution in [0.2, 0.25) is 0 Å². The van der Waals surface area contributed by atoms with Crippen LogP contribution in [0.3, 0.4) is 0 Å². The lowest BCUT2D eigenvalue weighted by Gasteiger charge is -2.10. The molecule has 11 heavy (non-hydrogen) atoms. The molecule has 0 aliphatic heterocycles. The van der Waals surface area contributed by atoms with E-state index in [1.54, 1.807) is 0 Å². The summed E-state index contributed by atoms with van der Waals surface area (Å²) < 4.78 is 0. The van der Waals surface area contributed by atoms with Crippen molar-refractivity contribution in [1.29, 1.82) is 5.26 Å². The van der Waals surface area contributed by atoms with Gasteiger partial charge in [-0.05, 0) is 43.4 Å². The molecule has 1 nitrogen and oxygen atoms in total. The molecular formula is C10H15N. The molecule has 0 amide bonds. The number of hydrogen-bond acceptors (Lipinski definition) is 1. The Morgan fingerprint density at radius 1 is 1.27 bits per heavy atom. The highest BCUT2D eigenvalue weighted by Gasteiger charge is 2.41. The molecule has 0 bridgehead atoms. The zero-order valence-corrected chi connectivity index (χ0v) is 7.09. The van der Waals surface area contributed by atoms with Gasteiger partial charge in [-0.15, -0.1) is 0 Å². The molecule has 0 N–H and O–H groups in total. The number of fused-ring (bicyclic) bond motifs is 1. The Kier molecular flexibility index (Phi) is 1.64. The van der Waals surface area contributed by atoms with Crippen molar-refractivity contribution >= 4 is 0 Å². The molecule has 2 aliphatic rings. The summed E-state index contributed by atoms with van der Waals surface area (Å²) in [5, 5.41) is 8.85.